The van der Waals surface area contributed by atoms with E-state index < -0.39 is 24.9 Å². The van der Waals surface area contributed by atoms with Crippen molar-refractivity contribution in [2.75, 3.05) is 18.4 Å². The number of fused-ring (bicyclic) bond motifs is 1. The molecule has 0 radical (unpaired) electrons. The van der Waals surface area contributed by atoms with Crippen LogP contribution >= 0.6 is 0 Å². The Morgan fingerprint density at radius 2 is 2.03 bits per heavy atom. The fourth-order valence-electron chi connectivity index (χ4n) is 4.45. The molecule has 3 N–H and O–H groups in total. The minimum atomic E-state index is -4.45. The molecule has 1 aliphatic carbocycles. The number of benzene rings is 1. The highest BCUT2D eigenvalue weighted by molar-refractivity contribution is 5.96. The van der Waals surface area contributed by atoms with Crippen LogP contribution in [0.15, 0.2) is 28.8 Å². The van der Waals surface area contributed by atoms with Crippen molar-refractivity contribution < 1.29 is 22.1 Å². The zero-order chi connectivity index (χ0) is 22.5. The molecule has 3 aromatic rings. The molecule has 0 amide bonds. The number of nitrogens with one attached hydrogen (secondary N) is 1. The van der Waals surface area contributed by atoms with Gasteiger partial charge in [0.15, 0.2) is 0 Å². The summed E-state index contributed by atoms with van der Waals surface area (Å²) < 4.78 is 61.1. The zero-order valence-electron chi connectivity index (χ0n) is 17.3. The van der Waals surface area contributed by atoms with Gasteiger partial charge in [0.05, 0.1) is 23.8 Å². The van der Waals surface area contributed by atoms with E-state index in [9.17, 15) is 17.6 Å². The molecule has 0 unspecified atom stereocenters. The molecular formula is C21H24F4N6O. The molecule has 3 heterocycles. The first-order valence-electron chi connectivity index (χ1n) is 10.7. The van der Waals surface area contributed by atoms with Crippen LogP contribution in [0.1, 0.15) is 25.2 Å². The highest BCUT2D eigenvalue weighted by Gasteiger charge is 2.37. The van der Waals surface area contributed by atoms with E-state index in [2.05, 4.69) is 20.4 Å². The van der Waals surface area contributed by atoms with Crippen LogP contribution in [-0.4, -0.2) is 57.1 Å². The second-order valence-electron chi connectivity index (χ2n) is 8.47. The van der Waals surface area contributed by atoms with Crippen LogP contribution in [0.25, 0.3) is 22.4 Å². The molecule has 7 nitrogen and oxygen atoms in total. The molecule has 0 bridgehead atoms. The monoisotopic (exact) mass is 452 g/mol. The lowest BCUT2D eigenvalue weighted by atomic mass is 10.0. The average molecular weight is 452 g/mol. The van der Waals surface area contributed by atoms with Gasteiger partial charge in [0, 0.05) is 30.2 Å². The Morgan fingerprint density at radius 3 is 2.69 bits per heavy atom. The fraction of sp³-hybridized carbons (Fsp3) is 0.524. The lowest BCUT2D eigenvalue weighted by Crippen LogP contribution is -2.48. The summed E-state index contributed by atoms with van der Waals surface area (Å²) in [5.74, 6) is 0.155. The van der Waals surface area contributed by atoms with Crippen LogP contribution < -0.4 is 11.1 Å². The normalized spacial score (nSPS) is 22.5. The van der Waals surface area contributed by atoms with E-state index in [-0.39, 0.29) is 24.0 Å². The van der Waals surface area contributed by atoms with E-state index in [1.165, 1.54) is 0 Å². The molecule has 2 fully saturated rings. The van der Waals surface area contributed by atoms with E-state index >= 15 is 0 Å². The van der Waals surface area contributed by atoms with Crippen molar-refractivity contribution >= 4 is 16.6 Å². The van der Waals surface area contributed by atoms with Gasteiger partial charge in [0.1, 0.15) is 12.7 Å². The SMILES string of the molecule is NCc1nc(-c2cc3c(N[C@@H]4CCN(C5CC5)C[C@@H]4F)cccc3n2CC(F)(F)F)no1. The van der Waals surface area contributed by atoms with Crippen LogP contribution in [0.4, 0.5) is 23.2 Å². The second kappa shape index (κ2) is 8.04. The van der Waals surface area contributed by atoms with E-state index in [1.807, 2.05) is 0 Å². The summed E-state index contributed by atoms with van der Waals surface area (Å²) in [4.78, 5) is 6.28. The number of nitrogens with two attached hydrogens (primary N) is 1. The molecule has 11 heteroatoms. The summed E-state index contributed by atoms with van der Waals surface area (Å²) >= 11 is 0. The first-order valence-corrected chi connectivity index (χ1v) is 10.7. The van der Waals surface area contributed by atoms with Gasteiger partial charge in [-0.25, -0.2) is 4.39 Å². The largest absolute Gasteiger partial charge is 0.406 e. The zero-order valence-corrected chi connectivity index (χ0v) is 17.3. The number of likely N-dealkylation sites (tertiary alicyclic amines) is 1. The van der Waals surface area contributed by atoms with Crippen LogP contribution in [0.2, 0.25) is 0 Å². The summed E-state index contributed by atoms with van der Waals surface area (Å²) in [6, 6.07) is 6.70. The van der Waals surface area contributed by atoms with Gasteiger partial charge >= 0.3 is 6.18 Å². The Hall–Kier alpha value is -2.66. The molecule has 0 spiro atoms. The number of alkyl halides is 4. The van der Waals surface area contributed by atoms with E-state index in [0.29, 0.717) is 35.6 Å². The topological polar surface area (TPSA) is 85.1 Å². The van der Waals surface area contributed by atoms with E-state index in [4.69, 9.17) is 10.3 Å². The Labute approximate surface area is 181 Å². The lowest BCUT2D eigenvalue weighted by molar-refractivity contribution is -0.139. The standard InChI is InChI=1S/C21H24F4N6O/c22-14-10-30(12-4-5-12)7-6-16(14)27-15-2-1-3-17-13(15)8-18(31(17)11-21(23,24)25)20-28-19(9-26)32-29-20/h1-3,8,12,14,16,27H,4-7,9-11,26H2/t14-,16+/m0/s1. The molecule has 5 rings (SSSR count). The van der Waals surface area contributed by atoms with Crippen molar-refractivity contribution in [2.24, 2.45) is 5.73 Å². The van der Waals surface area contributed by atoms with Crippen molar-refractivity contribution in [3.8, 4) is 11.5 Å². The second-order valence-corrected chi connectivity index (χ2v) is 8.47. The minimum Gasteiger partial charge on any atom is -0.379 e. The van der Waals surface area contributed by atoms with E-state index in [1.54, 1.807) is 24.3 Å². The predicted molar refractivity (Wildman–Crippen MR) is 111 cm³/mol. The van der Waals surface area contributed by atoms with Gasteiger partial charge in [-0.2, -0.15) is 18.2 Å². The van der Waals surface area contributed by atoms with Gasteiger partial charge in [0.25, 0.3) is 0 Å². The summed E-state index contributed by atoms with van der Waals surface area (Å²) in [6.45, 7) is -0.0444. The number of hydrogen-bond acceptors (Lipinski definition) is 6. The van der Waals surface area contributed by atoms with Crippen molar-refractivity contribution in [2.45, 2.75) is 56.8 Å². The summed E-state index contributed by atoms with van der Waals surface area (Å²) in [6.07, 6.45) is -2.62. The first kappa shape index (κ1) is 21.2. The van der Waals surface area contributed by atoms with Crippen LogP contribution in [0.5, 0.6) is 0 Å². The highest BCUT2D eigenvalue weighted by Crippen LogP contribution is 2.36. The maximum atomic E-state index is 14.9. The molecule has 2 aliphatic rings. The van der Waals surface area contributed by atoms with Crippen molar-refractivity contribution in [1.29, 1.82) is 0 Å². The van der Waals surface area contributed by atoms with Gasteiger partial charge in [-0.1, -0.05) is 11.2 Å². The van der Waals surface area contributed by atoms with Gasteiger partial charge in [-0.3, -0.25) is 4.90 Å². The number of rotatable bonds is 6. The highest BCUT2D eigenvalue weighted by atomic mass is 19.4. The number of hydrogen-bond donors (Lipinski definition) is 2. The number of piperidine rings is 1. The van der Waals surface area contributed by atoms with Gasteiger partial charge in [-0.05, 0) is 37.5 Å². The molecule has 1 saturated carbocycles. The summed E-state index contributed by atoms with van der Waals surface area (Å²) in [7, 11) is 0. The minimum absolute atomic E-state index is 0.0171. The molecule has 172 valence electrons. The quantitative estimate of drug-likeness (QED) is 0.555. The van der Waals surface area contributed by atoms with Crippen molar-refractivity contribution in [1.82, 2.24) is 19.6 Å². The fourth-order valence-corrected chi connectivity index (χ4v) is 4.45. The number of anilines is 1. The molecule has 1 saturated heterocycles. The average Bonchev–Trinajstić information content (AvgIpc) is 3.38. The third-order valence-corrected chi connectivity index (χ3v) is 6.13. The van der Waals surface area contributed by atoms with Crippen molar-refractivity contribution in [3.63, 3.8) is 0 Å². The van der Waals surface area contributed by atoms with Gasteiger partial charge < -0.3 is 20.1 Å². The van der Waals surface area contributed by atoms with E-state index in [0.717, 1.165) is 24.0 Å². The van der Waals surface area contributed by atoms with Crippen LogP contribution in [0.3, 0.4) is 0 Å². The molecule has 2 atom stereocenters. The smallest absolute Gasteiger partial charge is 0.379 e. The Balaban J connectivity index is 1.49. The van der Waals surface area contributed by atoms with Gasteiger partial charge in [0.2, 0.25) is 11.7 Å². The molecule has 1 aromatic carbocycles. The summed E-state index contributed by atoms with van der Waals surface area (Å²) in [5.41, 5.74) is 6.60. The Kier molecular flexibility index (Phi) is 5.32. The number of nitrogens with zero attached hydrogens (tertiary/aromatic N) is 4. The maximum Gasteiger partial charge on any atom is 0.406 e. The number of aromatic nitrogens is 3. The summed E-state index contributed by atoms with van der Waals surface area (Å²) in [5, 5.41) is 7.58. The molecular weight excluding hydrogens is 428 g/mol. The predicted octanol–water partition coefficient (Wildman–Crippen LogP) is 3.70. The van der Waals surface area contributed by atoms with Crippen molar-refractivity contribution in [3.05, 3.63) is 30.2 Å². The maximum absolute atomic E-state index is 14.9. The molecule has 32 heavy (non-hydrogen) atoms. The molecule has 1 aliphatic heterocycles. The Morgan fingerprint density at radius 1 is 1.22 bits per heavy atom. The Bertz CT molecular complexity index is 1110. The van der Waals surface area contributed by atoms with Crippen LogP contribution in [0, 0.1) is 0 Å². The third kappa shape index (κ3) is 4.18. The third-order valence-electron chi connectivity index (χ3n) is 6.13. The molecule has 2 aromatic heterocycles. The van der Waals surface area contributed by atoms with Crippen LogP contribution in [-0.2, 0) is 13.1 Å². The lowest BCUT2D eigenvalue weighted by Gasteiger charge is -2.35. The number of halogens is 4. The van der Waals surface area contributed by atoms with Gasteiger partial charge in [-0.15, -0.1) is 0 Å². The first-order chi connectivity index (χ1) is 15.3.